The Kier molecular flexibility index (Phi) is 4.72. The van der Waals surface area contributed by atoms with Gasteiger partial charge in [-0.15, -0.1) is 10.2 Å². The first kappa shape index (κ1) is 13.5. The average molecular weight is 252 g/mol. The van der Waals surface area contributed by atoms with Crippen molar-refractivity contribution in [1.82, 2.24) is 20.0 Å². The first-order valence-electron chi connectivity index (χ1n) is 6.83. The molecule has 1 aliphatic carbocycles. The zero-order valence-corrected chi connectivity index (χ0v) is 11.7. The van der Waals surface area contributed by atoms with Crippen molar-refractivity contribution in [3.63, 3.8) is 0 Å². The zero-order valence-electron chi connectivity index (χ0n) is 11.7. The highest BCUT2D eigenvalue weighted by Crippen LogP contribution is 2.22. The van der Waals surface area contributed by atoms with Gasteiger partial charge in [-0.1, -0.05) is 12.8 Å². The Hall–Kier alpha value is -0.940. The summed E-state index contributed by atoms with van der Waals surface area (Å²) in [5.41, 5.74) is 0. The third kappa shape index (κ3) is 3.78. The summed E-state index contributed by atoms with van der Waals surface area (Å²) in [4.78, 5) is 4.72. The maximum atomic E-state index is 5.38. The number of aromatic nitrogens is 2. The fourth-order valence-corrected chi connectivity index (χ4v) is 2.57. The molecule has 0 radical (unpaired) electrons. The summed E-state index contributed by atoms with van der Waals surface area (Å²) in [6.45, 7) is 4.70. The summed E-state index contributed by atoms with van der Waals surface area (Å²) < 4.78 is 5.38. The van der Waals surface area contributed by atoms with Crippen LogP contribution in [0.3, 0.4) is 0 Å². The maximum absolute atomic E-state index is 5.38. The quantitative estimate of drug-likeness (QED) is 0.771. The fraction of sp³-hybridized carbons (Fsp3) is 0.846. The van der Waals surface area contributed by atoms with Crippen molar-refractivity contribution in [1.29, 1.82) is 0 Å². The van der Waals surface area contributed by atoms with Gasteiger partial charge in [0, 0.05) is 26.1 Å². The smallest absolute Gasteiger partial charge is 0.230 e. The van der Waals surface area contributed by atoms with Crippen molar-refractivity contribution < 1.29 is 4.42 Å². The van der Waals surface area contributed by atoms with Crippen molar-refractivity contribution in [3.05, 3.63) is 11.8 Å². The molecule has 2 rings (SSSR count). The van der Waals surface area contributed by atoms with E-state index in [1.165, 1.54) is 25.7 Å². The fourth-order valence-electron chi connectivity index (χ4n) is 2.57. The molecule has 18 heavy (non-hydrogen) atoms. The number of rotatable bonds is 6. The van der Waals surface area contributed by atoms with Gasteiger partial charge in [-0.25, -0.2) is 0 Å². The van der Waals surface area contributed by atoms with Crippen LogP contribution in [0.5, 0.6) is 0 Å². The zero-order chi connectivity index (χ0) is 13.0. The molecular formula is C13H24N4O. The highest BCUT2D eigenvalue weighted by atomic mass is 16.4. The van der Waals surface area contributed by atoms with Crippen LogP contribution in [0.15, 0.2) is 4.42 Å². The SMILES string of the molecule is Cc1nnc(CN(C)CCN(C)C2CCCC2)o1. The number of hydrogen-bond acceptors (Lipinski definition) is 5. The lowest BCUT2D eigenvalue weighted by molar-refractivity contribution is 0.196. The molecule has 0 bridgehead atoms. The molecule has 0 spiro atoms. The van der Waals surface area contributed by atoms with Gasteiger partial charge in [-0.3, -0.25) is 4.90 Å². The van der Waals surface area contributed by atoms with Crippen molar-refractivity contribution >= 4 is 0 Å². The van der Waals surface area contributed by atoms with E-state index in [0.717, 1.165) is 25.7 Å². The van der Waals surface area contributed by atoms with Gasteiger partial charge in [-0.05, 0) is 26.9 Å². The van der Waals surface area contributed by atoms with Crippen molar-refractivity contribution in [2.45, 2.75) is 45.2 Å². The van der Waals surface area contributed by atoms with Crippen molar-refractivity contribution in [3.8, 4) is 0 Å². The van der Waals surface area contributed by atoms with Crippen molar-refractivity contribution in [2.75, 3.05) is 27.2 Å². The van der Waals surface area contributed by atoms with Gasteiger partial charge in [-0.2, -0.15) is 0 Å². The first-order valence-corrected chi connectivity index (χ1v) is 6.83. The minimum Gasteiger partial charge on any atom is -0.424 e. The number of aryl methyl sites for hydroxylation is 1. The van der Waals surface area contributed by atoms with Crippen LogP contribution in [-0.4, -0.2) is 53.2 Å². The van der Waals surface area contributed by atoms with Gasteiger partial charge in [0.25, 0.3) is 0 Å². The second-order valence-corrected chi connectivity index (χ2v) is 5.37. The molecule has 102 valence electrons. The second kappa shape index (κ2) is 6.29. The summed E-state index contributed by atoms with van der Waals surface area (Å²) in [6, 6.07) is 0.795. The minimum atomic E-state index is 0.640. The Morgan fingerprint density at radius 2 is 1.89 bits per heavy atom. The summed E-state index contributed by atoms with van der Waals surface area (Å²) in [6.07, 6.45) is 5.52. The topological polar surface area (TPSA) is 45.4 Å². The molecule has 0 unspecified atom stereocenters. The molecule has 1 fully saturated rings. The van der Waals surface area contributed by atoms with Gasteiger partial charge in [0.1, 0.15) is 0 Å². The van der Waals surface area contributed by atoms with Crippen LogP contribution in [-0.2, 0) is 6.54 Å². The summed E-state index contributed by atoms with van der Waals surface area (Å²) in [7, 11) is 4.34. The number of likely N-dealkylation sites (N-methyl/N-ethyl adjacent to an activating group) is 2. The molecule has 1 aromatic rings. The first-order chi connectivity index (χ1) is 8.65. The van der Waals surface area contributed by atoms with E-state index < -0.39 is 0 Å². The van der Waals surface area contributed by atoms with Crippen LogP contribution in [0.4, 0.5) is 0 Å². The van der Waals surface area contributed by atoms with Gasteiger partial charge >= 0.3 is 0 Å². The van der Waals surface area contributed by atoms with Crippen LogP contribution in [0, 0.1) is 6.92 Å². The highest BCUT2D eigenvalue weighted by Gasteiger charge is 2.19. The Labute approximate surface area is 109 Å². The molecule has 5 heteroatoms. The van der Waals surface area contributed by atoms with E-state index in [4.69, 9.17) is 4.42 Å². The summed E-state index contributed by atoms with van der Waals surface area (Å²) >= 11 is 0. The lowest BCUT2D eigenvalue weighted by Gasteiger charge is -2.26. The molecule has 0 atom stereocenters. The maximum Gasteiger partial charge on any atom is 0.230 e. The summed E-state index contributed by atoms with van der Waals surface area (Å²) in [5, 5.41) is 7.86. The van der Waals surface area contributed by atoms with Gasteiger partial charge in [0.2, 0.25) is 11.8 Å². The van der Waals surface area contributed by atoms with Gasteiger partial charge in [0.05, 0.1) is 6.54 Å². The molecule has 1 saturated carbocycles. The standard InChI is InChI=1S/C13H24N4O/c1-11-14-15-13(18-11)10-16(2)8-9-17(3)12-6-4-5-7-12/h12H,4-10H2,1-3H3. The van der Waals surface area contributed by atoms with E-state index in [1.54, 1.807) is 0 Å². The van der Waals surface area contributed by atoms with E-state index in [1.807, 2.05) is 6.92 Å². The Balaban J connectivity index is 1.69. The molecule has 0 aromatic carbocycles. The Morgan fingerprint density at radius 1 is 1.17 bits per heavy atom. The van der Waals surface area contributed by atoms with E-state index in [-0.39, 0.29) is 0 Å². The monoisotopic (exact) mass is 252 g/mol. The Bertz CT molecular complexity index is 360. The van der Waals surface area contributed by atoms with Gasteiger partial charge < -0.3 is 9.32 Å². The molecule has 0 amide bonds. The lowest BCUT2D eigenvalue weighted by atomic mass is 10.2. The molecule has 1 aliphatic rings. The lowest BCUT2D eigenvalue weighted by Crippen LogP contribution is -2.36. The molecule has 0 N–H and O–H groups in total. The van der Waals surface area contributed by atoms with Gasteiger partial charge in [0.15, 0.2) is 0 Å². The normalized spacial score (nSPS) is 17.2. The second-order valence-electron chi connectivity index (χ2n) is 5.37. The largest absolute Gasteiger partial charge is 0.424 e. The molecule has 0 saturated heterocycles. The molecule has 0 aliphatic heterocycles. The van der Waals surface area contributed by atoms with Crippen LogP contribution in [0.2, 0.25) is 0 Å². The number of hydrogen-bond donors (Lipinski definition) is 0. The third-order valence-electron chi connectivity index (χ3n) is 3.76. The molecule has 1 heterocycles. The average Bonchev–Trinajstić information content (AvgIpc) is 2.97. The van der Waals surface area contributed by atoms with Crippen LogP contribution in [0.25, 0.3) is 0 Å². The molecule has 1 aromatic heterocycles. The van der Waals surface area contributed by atoms with E-state index in [9.17, 15) is 0 Å². The third-order valence-corrected chi connectivity index (χ3v) is 3.76. The number of nitrogens with zero attached hydrogens (tertiary/aromatic N) is 4. The van der Waals surface area contributed by atoms with Crippen molar-refractivity contribution in [2.24, 2.45) is 0 Å². The van der Waals surface area contributed by atoms with E-state index in [0.29, 0.717) is 11.8 Å². The van der Waals surface area contributed by atoms with Crippen LogP contribution < -0.4 is 0 Å². The predicted molar refractivity (Wildman–Crippen MR) is 70.3 cm³/mol. The summed E-state index contributed by atoms with van der Waals surface area (Å²) in [5.74, 6) is 1.35. The Morgan fingerprint density at radius 3 is 2.50 bits per heavy atom. The highest BCUT2D eigenvalue weighted by molar-refractivity contribution is 4.79. The van der Waals surface area contributed by atoms with Crippen LogP contribution in [0.1, 0.15) is 37.5 Å². The van der Waals surface area contributed by atoms with Crippen LogP contribution >= 0.6 is 0 Å². The molecular weight excluding hydrogens is 228 g/mol. The van der Waals surface area contributed by atoms with E-state index >= 15 is 0 Å². The molecule has 5 nitrogen and oxygen atoms in total. The predicted octanol–water partition coefficient (Wildman–Crippen LogP) is 1.68. The van der Waals surface area contributed by atoms with E-state index in [2.05, 4.69) is 34.1 Å². The minimum absolute atomic E-state index is 0.640.